The standard InChI is InChI=1S/C62H98O6/c1-4-7-10-13-15-17-19-21-22-23-24-25-26-27-28-29-30-31-32-33-34-35-36-37-38-39-40-41-43-44-46-49-52-55-61(64)67-58-59(57-66-60(63)54-51-48-12-9-6-3)68-62(65)56-53-50-47-45-42-20-18-16-14-11-8-5-2/h7,10,15-18,21-22,24-25,27-28,30-31,33-34,36-37,39-40,43-44,59H,4-6,8-9,11-14,19-20,23,26,29,32,35,38,41-42,45-58H2,1-3H3/b10-7-,17-15-,18-16-,22-21-,25-24-,28-27-,31-30-,34-33-,37-36-,40-39-,44-43-. The number of ether oxygens (including phenoxy) is 3. The van der Waals surface area contributed by atoms with E-state index in [9.17, 15) is 14.4 Å². The van der Waals surface area contributed by atoms with Crippen molar-refractivity contribution in [3.63, 3.8) is 0 Å². The first-order valence-electron chi connectivity index (χ1n) is 27.2. The lowest BCUT2D eigenvalue weighted by molar-refractivity contribution is -0.167. The van der Waals surface area contributed by atoms with Crippen LogP contribution < -0.4 is 0 Å². The van der Waals surface area contributed by atoms with Gasteiger partial charge in [0, 0.05) is 19.3 Å². The highest BCUT2D eigenvalue weighted by Gasteiger charge is 2.19. The maximum absolute atomic E-state index is 12.7. The molecule has 0 aromatic rings. The van der Waals surface area contributed by atoms with E-state index in [2.05, 4.69) is 154 Å². The van der Waals surface area contributed by atoms with Crippen LogP contribution in [0.2, 0.25) is 0 Å². The fraction of sp³-hybridized carbons (Fsp3) is 0.597. The molecule has 0 aromatic heterocycles. The molecule has 6 heteroatoms. The number of allylic oxidation sites excluding steroid dienone is 22. The second kappa shape index (κ2) is 55.1. The normalized spacial score (nSPS) is 13.2. The third kappa shape index (κ3) is 52.5. The summed E-state index contributed by atoms with van der Waals surface area (Å²) >= 11 is 0. The van der Waals surface area contributed by atoms with E-state index < -0.39 is 6.10 Å². The molecule has 0 radical (unpaired) electrons. The minimum atomic E-state index is -0.799. The summed E-state index contributed by atoms with van der Waals surface area (Å²) in [5.41, 5.74) is 0. The monoisotopic (exact) mass is 939 g/mol. The zero-order valence-electron chi connectivity index (χ0n) is 43.6. The maximum Gasteiger partial charge on any atom is 0.306 e. The van der Waals surface area contributed by atoms with Gasteiger partial charge in [0.2, 0.25) is 0 Å². The molecule has 0 heterocycles. The Morgan fingerprint density at radius 1 is 0.309 bits per heavy atom. The summed E-state index contributed by atoms with van der Waals surface area (Å²) in [6, 6.07) is 0. The van der Waals surface area contributed by atoms with Crippen LogP contribution in [0, 0.1) is 0 Å². The lowest BCUT2D eigenvalue weighted by atomic mass is 10.1. The van der Waals surface area contributed by atoms with Crippen molar-refractivity contribution in [2.45, 2.75) is 226 Å². The second-order valence-corrected chi connectivity index (χ2v) is 17.4. The second-order valence-electron chi connectivity index (χ2n) is 17.4. The van der Waals surface area contributed by atoms with E-state index in [1.807, 2.05) is 0 Å². The summed E-state index contributed by atoms with van der Waals surface area (Å²) in [6.07, 6.45) is 77.8. The zero-order chi connectivity index (χ0) is 49.3. The summed E-state index contributed by atoms with van der Waals surface area (Å²) in [4.78, 5) is 37.6. The van der Waals surface area contributed by atoms with Crippen molar-refractivity contribution < 1.29 is 28.6 Å². The molecule has 0 rings (SSSR count). The first-order valence-corrected chi connectivity index (χ1v) is 27.2. The summed E-state index contributed by atoms with van der Waals surface area (Å²) in [5, 5.41) is 0. The predicted molar refractivity (Wildman–Crippen MR) is 292 cm³/mol. The van der Waals surface area contributed by atoms with Gasteiger partial charge in [-0.05, 0) is 122 Å². The highest BCUT2D eigenvalue weighted by molar-refractivity contribution is 5.71. The summed E-state index contributed by atoms with van der Waals surface area (Å²) in [7, 11) is 0. The molecule has 382 valence electrons. The van der Waals surface area contributed by atoms with Gasteiger partial charge in [-0.25, -0.2) is 0 Å². The van der Waals surface area contributed by atoms with Crippen molar-refractivity contribution >= 4 is 17.9 Å². The van der Waals surface area contributed by atoms with Crippen molar-refractivity contribution in [2.75, 3.05) is 13.2 Å². The van der Waals surface area contributed by atoms with Gasteiger partial charge in [-0.3, -0.25) is 14.4 Å². The molecule has 0 aliphatic carbocycles. The average Bonchev–Trinajstić information content (AvgIpc) is 3.34. The van der Waals surface area contributed by atoms with E-state index in [4.69, 9.17) is 14.2 Å². The summed E-state index contributed by atoms with van der Waals surface area (Å²) < 4.78 is 16.6. The van der Waals surface area contributed by atoms with Crippen LogP contribution in [0.4, 0.5) is 0 Å². The van der Waals surface area contributed by atoms with Gasteiger partial charge in [0.1, 0.15) is 13.2 Å². The summed E-state index contributed by atoms with van der Waals surface area (Å²) in [5.74, 6) is -0.979. The van der Waals surface area contributed by atoms with Gasteiger partial charge in [-0.2, -0.15) is 0 Å². The van der Waals surface area contributed by atoms with Gasteiger partial charge in [-0.1, -0.05) is 212 Å². The van der Waals surface area contributed by atoms with Crippen LogP contribution in [0.5, 0.6) is 0 Å². The van der Waals surface area contributed by atoms with Gasteiger partial charge in [-0.15, -0.1) is 0 Å². The van der Waals surface area contributed by atoms with E-state index in [0.717, 1.165) is 141 Å². The number of carbonyl (C=O) groups excluding carboxylic acids is 3. The molecule has 0 saturated carbocycles. The predicted octanol–water partition coefficient (Wildman–Crippen LogP) is 18.3. The quantitative estimate of drug-likeness (QED) is 0.0262. The molecule has 6 nitrogen and oxygen atoms in total. The highest BCUT2D eigenvalue weighted by atomic mass is 16.6. The zero-order valence-corrected chi connectivity index (χ0v) is 43.6. The fourth-order valence-corrected chi connectivity index (χ4v) is 6.81. The summed E-state index contributed by atoms with van der Waals surface area (Å²) in [6.45, 7) is 6.34. The van der Waals surface area contributed by atoms with E-state index in [1.165, 1.54) is 32.1 Å². The Labute approximate surface area is 417 Å². The first kappa shape index (κ1) is 63.5. The lowest BCUT2D eigenvalue weighted by Crippen LogP contribution is -2.30. The molecule has 0 N–H and O–H groups in total. The molecule has 0 spiro atoms. The Hall–Kier alpha value is -4.45. The van der Waals surface area contributed by atoms with Crippen molar-refractivity contribution in [3.05, 3.63) is 134 Å². The van der Waals surface area contributed by atoms with Gasteiger partial charge in [0.15, 0.2) is 6.10 Å². The first-order chi connectivity index (χ1) is 33.5. The third-order valence-corrected chi connectivity index (χ3v) is 10.9. The Balaban J connectivity index is 4.18. The lowest BCUT2D eigenvalue weighted by Gasteiger charge is -2.18. The van der Waals surface area contributed by atoms with Crippen LogP contribution in [-0.4, -0.2) is 37.2 Å². The SMILES string of the molecule is CC/C=C\C/C=C\C/C=C\C/C=C\C/C=C\C/C=C\C/C=C\C/C=C\C/C=C\C/C=C\CCCCC(=O)OCC(COC(=O)CCCCCCC)OC(=O)CCCCCCC/C=C\CCCCC. The molecule has 0 bridgehead atoms. The van der Waals surface area contributed by atoms with Gasteiger partial charge < -0.3 is 14.2 Å². The van der Waals surface area contributed by atoms with E-state index >= 15 is 0 Å². The number of rotatable bonds is 47. The molecular weight excluding hydrogens is 841 g/mol. The van der Waals surface area contributed by atoms with Crippen molar-refractivity contribution in [1.82, 2.24) is 0 Å². The minimum absolute atomic E-state index is 0.0992. The van der Waals surface area contributed by atoms with Crippen LogP contribution in [0.25, 0.3) is 0 Å². The number of carbonyl (C=O) groups is 3. The number of esters is 3. The topological polar surface area (TPSA) is 78.9 Å². The highest BCUT2D eigenvalue weighted by Crippen LogP contribution is 2.12. The van der Waals surface area contributed by atoms with E-state index in [1.54, 1.807) is 0 Å². The smallest absolute Gasteiger partial charge is 0.306 e. The molecule has 0 aliphatic heterocycles. The van der Waals surface area contributed by atoms with Crippen LogP contribution in [0.1, 0.15) is 220 Å². The van der Waals surface area contributed by atoms with E-state index in [-0.39, 0.29) is 31.1 Å². The molecule has 1 atom stereocenters. The van der Waals surface area contributed by atoms with Crippen LogP contribution in [-0.2, 0) is 28.6 Å². The minimum Gasteiger partial charge on any atom is -0.462 e. The number of hydrogen-bond donors (Lipinski definition) is 0. The average molecular weight is 939 g/mol. The van der Waals surface area contributed by atoms with Crippen molar-refractivity contribution in [2.24, 2.45) is 0 Å². The van der Waals surface area contributed by atoms with Crippen LogP contribution in [0.15, 0.2) is 134 Å². The molecule has 68 heavy (non-hydrogen) atoms. The third-order valence-electron chi connectivity index (χ3n) is 10.9. The maximum atomic E-state index is 12.7. The Bertz CT molecular complexity index is 1500. The van der Waals surface area contributed by atoms with Crippen LogP contribution in [0.3, 0.4) is 0 Å². The van der Waals surface area contributed by atoms with Gasteiger partial charge in [0.25, 0.3) is 0 Å². The van der Waals surface area contributed by atoms with Crippen LogP contribution >= 0.6 is 0 Å². The molecule has 0 aliphatic rings. The molecule has 0 aromatic carbocycles. The Morgan fingerprint density at radius 3 is 0.971 bits per heavy atom. The number of hydrogen-bond acceptors (Lipinski definition) is 6. The molecule has 0 fully saturated rings. The van der Waals surface area contributed by atoms with Crippen molar-refractivity contribution in [3.8, 4) is 0 Å². The Morgan fingerprint density at radius 2 is 0.574 bits per heavy atom. The molecule has 0 saturated heterocycles. The van der Waals surface area contributed by atoms with Crippen molar-refractivity contribution in [1.29, 1.82) is 0 Å². The molecule has 1 unspecified atom stereocenters. The van der Waals surface area contributed by atoms with Gasteiger partial charge >= 0.3 is 17.9 Å². The van der Waals surface area contributed by atoms with E-state index in [0.29, 0.717) is 25.7 Å². The molecular formula is C62H98O6. The Kier molecular flexibility index (Phi) is 51.5. The fourth-order valence-electron chi connectivity index (χ4n) is 6.81. The largest absolute Gasteiger partial charge is 0.462 e. The number of unbranched alkanes of at least 4 members (excludes halogenated alkanes) is 14. The molecule has 0 amide bonds. The van der Waals surface area contributed by atoms with Gasteiger partial charge in [0.05, 0.1) is 0 Å².